The van der Waals surface area contributed by atoms with Crippen LogP contribution in [-0.2, 0) is 0 Å². The summed E-state index contributed by atoms with van der Waals surface area (Å²) in [6.07, 6.45) is 1.07. The van der Waals surface area contributed by atoms with Gasteiger partial charge >= 0.3 is 0 Å². The molecule has 3 atom stereocenters. The summed E-state index contributed by atoms with van der Waals surface area (Å²) in [7, 11) is 0. The smallest absolute Gasteiger partial charge is 0.123 e. The van der Waals surface area contributed by atoms with Gasteiger partial charge in [0.2, 0.25) is 0 Å². The van der Waals surface area contributed by atoms with Gasteiger partial charge in [-0.1, -0.05) is 0 Å². The molecule has 3 N–H and O–H groups in total. The lowest BCUT2D eigenvalue weighted by Crippen LogP contribution is -2.31. The number of likely N-dealkylation sites (tertiary alicyclic amines) is 1. The summed E-state index contributed by atoms with van der Waals surface area (Å²) in [5.41, 5.74) is 6.57. The number of nitrogens with zero attached hydrogens (tertiary/aromatic N) is 1. The van der Waals surface area contributed by atoms with Crippen LogP contribution in [-0.4, -0.2) is 29.1 Å². The van der Waals surface area contributed by atoms with E-state index < -0.39 is 0 Å². The van der Waals surface area contributed by atoms with E-state index in [1.54, 1.807) is 0 Å². The van der Waals surface area contributed by atoms with Gasteiger partial charge in [0.05, 0.1) is 0 Å². The molecule has 1 saturated heterocycles. The molecule has 0 radical (unpaired) electrons. The van der Waals surface area contributed by atoms with E-state index in [0.717, 1.165) is 19.5 Å². The molecule has 1 fully saturated rings. The van der Waals surface area contributed by atoms with Crippen LogP contribution in [0.4, 0.5) is 4.39 Å². The Kier molecular flexibility index (Phi) is 3.88. The third kappa shape index (κ3) is 2.65. The summed E-state index contributed by atoms with van der Waals surface area (Å²) in [6, 6.07) is 4.31. The summed E-state index contributed by atoms with van der Waals surface area (Å²) in [5, 5.41) is 9.82. The first kappa shape index (κ1) is 13.3. The van der Waals surface area contributed by atoms with Crippen LogP contribution in [0.15, 0.2) is 18.2 Å². The molecule has 0 amide bonds. The van der Waals surface area contributed by atoms with Crippen molar-refractivity contribution in [1.82, 2.24) is 4.90 Å². The van der Waals surface area contributed by atoms with Gasteiger partial charge in [0.25, 0.3) is 0 Å². The molecule has 0 bridgehead atoms. The van der Waals surface area contributed by atoms with E-state index in [0.29, 0.717) is 11.5 Å². The van der Waals surface area contributed by atoms with Gasteiger partial charge in [-0.15, -0.1) is 0 Å². The van der Waals surface area contributed by atoms with Crippen LogP contribution in [0.2, 0.25) is 0 Å². The summed E-state index contributed by atoms with van der Waals surface area (Å²) < 4.78 is 13.2. The third-order valence-corrected chi connectivity index (χ3v) is 3.99. The number of nitrogens with two attached hydrogens (primary N) is 1. The molecule has 3 unspecified atom stereocenters. The van der Waals surface area contributed by atoms with Crippen LogP contribution < -0.4 is 5.73 Å². The predicted octanol–water partition coefficient (Wildman–Crippen LogP) is 2.26. The van der Waals surface area contributed by atoms with Gasteiger partial charge in [-0.3, -0.25) is 4.90 Å². The van der Waals surface area contributed by atoms with E-state index in [4.69, 9.17) is 5.73 Å². The van der Waals surface area contributed by atoms with Crippen LogP contribution in [0.1, 0.15) is 31.9 Å². The molecule has 1 aliphatic rings. The number of phenols is 1. The lowest BCUT2D eigenvalue weighted by Gasteiger charge is -2.26. The van der Waals surface area contributed by atoms with Crippen LogP contribution in [0.3, 0.4) is 0 Å². The highest BCUT2D eigenvalue weighted by Crippen LogP contribution is 2.33. The van der Waals surface area contributed by atoms with Crippen molar-refractivity contribution in [2.45, 2.75) is 32.4 Å². The Balaban J connectivity index is 2.12. The Labute approximate surface area is 107 Å². The minimum atomic E-state index is -0.308. The highest BCUT2D eigenvalue weighted by molar-refractivity contribution is 5.35. The summed E-state index contributed by atoms with van der Waals surface area (Å²) in [6.45, 7) is 5.88. The molecule has 18 heavy (non-hydrogen) atoms. The lowest BCUT2D eigenvalue weighted by molar-refractivity contribution is 0.243. The number of phenolic OH excluding ortho intramolecular Hbond substituents is 1. The maximum atomic E-state index is 13.2. The second kappa shape index (κ2) is 5.24. The van der Waals surface area contributed by atoms with Crippen LogP contribution in [0.25, 0.3) is 0 Å². The van der Waals surface area contributed by atoms with Gasteiger partial charge in [-0.25, -0.2) is 4.39 Å². The van der Waals surface area contributed by atoms with Crippen LogP contribution in [0.5, 0.6) is 5.75 Å². The number of aromatic hydroxyl groups is 1. The van der Waals surface area contributed by atoms with Crippen molar-refractivity contribution < 1.29 is 9.50 Å². The Morgan fingerprint density at radius 1 is 1.44 bits per heavy atom. The first-order chi connectivity index (χ1) is 8.49. The number of hydrogen-bond acceptors (Lipinski definition) is 3. The fourth-order valence-electron chi connectivity index (χ4n) is 2.65. The Morgan fingerprint density at radius 2 is 2.17 bits per heavy atom. The van der Waals surface area contributed by atoms with Gasteiger partial charge < -0.3 is 10.8 Å². The fraction of sp³-hybridized carbons (Fsp3) is 0.571. The van der Waals surface area contributed by atoms with Crippen molar-refractivity contribution in [2.75, 3.05) is 13.1 Å². The molecule has 1 aromatic rings. The fourth-order valence-corrected chi connectivity index (χ4v) is 2.65. The molecule has 100 valence electrons. The normalized spacial score (nSPS) is 24.1. The van der Waals surface area contributed by atoms with Crippen molar-refractivity contribution in [2.24, 2.45) is 11.7 Å². The quantitative estimate of drug-likeness (QED) is 0.867. The van der Waals surface area contributed by atoms with Crippen molar-refractivity contribution >= 4 is 0 Å². The Morgan fingerprint density at radius 3 is 2.78 bits per heavy atom. The summed E-state index contributed by atoms with van der Waals surface area (Å²) >= 11 is 0. The van der Waals surface area contributed by atoms with Gasteiger partial charge in [-0.05, 0) is 50.9 Å². The number of hydrogen-bond donors (Lipinski definition) is 2. The third-order valence-electron chi connectivity index (χ3n) is 3.99. The molecule has 2 rings (SSSR count). The predicted molar refractivity (Wildman–Crippen MR) is 69.8 cm³/mol. The molecule has 0 aliphatic carbocycles. The second-order valence-electron chi connectivity index (χ2n) is 5.28. The number of halogens is 1. The van der Waals surface area contributed by atoms with Crippen LogP contribution in [0, 0.1) is 11.7 Å². The first-order valence-electron chi connectivity index (χ1n) is 6.47. The van der Waals surface area contributed by atoms with Gasteiger partial charge in [0.15, 0.2) is 0 Å². The zero-order chi connectivity index (χ0) is 13.3. The van der Waals surface area contributed by atoms with E-state index in [2.05, 4.69) is 4.90 Å². The van der Waals surface area contributed by atoms with E-state index in [1.807, 2.05) is 13.8 Å². The zero-order valence-electron chi connectivity index (χ0n) is 10.9. The molecule has 0 aromatic heterocycles. The minimum Gasteiger partial charge on any atom is -0.508 e. The number of benzene rings is 1. The SMILES string of the molecule is CC(N)C1CCN(C(C)c2cc(F)ccc2O)C1. The molecule has 1 aliphatic heterocycles. The molecule has 1 heterocycles. The summed E-state index contributed by atoms with van der Waals surface area (Å²) in [5.74, 6) is 0.342. The van der Waals surface area contributed by atoms with Gasteiger partial charge in [0.1, 0.15) is 11.6 Å². The zero-order valence-corrected chi connectivity index (χ0v) is 10.9. The molecule has 1 aromatic carbocycles. The first-order valence-corrected chi connectivity index (χ1v) is 6.47. The highest BCUT2D eigenvalue weighted by Gasteiger charge is 2.29. The summed E-state index contributed by atoms with van der Waals surface area (Å²) in [4.78, 5) is 2.25. The second-order valence-corrected chi connectivity index (χ2v) is 5.28. The lowest BCUT2D eigenvalue weighted by atomic mass is 10.0. The standard InChI is InChI=1S/C14H21FN2O/c1-9(16)11-5-6-17(8-11)10(2)13-7-12(15)3-4-14(13)18/h3-4,7,9-11,18H,5-6,8,16H2,1-2H3. The monoisotopic (exact) mass is 252 g/mol. The molecule has 0 spiro atoms. The average Bonchev–Trinajstić information content (AvgIpc) is 2.81. The van der Waals surface area contributed by atoms with Crippen molar-refractivity contribution in [3.8, 4) is 5.75 Å². The maximum Gasteiger partial charge on any atom is 0.123 e. The molecular formula is C14H21FN2O. The van der Waals surface area contributed by atoms with Crippen molar-refractivity contribution in [3.05, 3.63) is 29.6 Å². The van der Waals surface area contributed by atoms with Crippen molar-refractivity contribution in [3.63, 3.8) is 0 Å². The Bertz CT molecular complexity index is 422. The highest BCUT2D eigenvalue weighted by atomic mass is 19.1. The van der Waals surface area contributed by atoms with E-state index in [9.17, 15) is 9.50 Å². The van der Waals surface area contributed by atoms with E-state index >= 15 is 0 Å². The topological polar surface area (TPSA) is 49.5 Å². The Hall–Kier alpha value is -1.13. The molecule has 0 saturated carbocycles. The number of rotatable bonds is 3. The van der Waals surface area contributed by atoms with E-state index in [1.165, 1.54) is 18.2 Å². The minimum absolute atomic E-state index is 0.0180. The molecular weight excluding hydrogens is 231 g/mol. The molecule has 4 heteroatoms. The molecule has 3 nitrogen and oxygen atoms in total. The van der Waals surface area contributed by atoms with Gasteiger partial charge in [0, 0.05) is 24.2 Å². The van der Waals surface area contributed by atoms with Gasteiger partial charge in [-0.2, -0.15) is 0 Å². The average molecular weight is 252 g/mol. The van der Waals surface area contributed by atoms with E-state index in [-0.39, 0.29) is 23.7 Å². The van der Waals surface area contributed by atoms with Crippen LogP contribution >= 0.6 is 0 Å². The largest absolute Gasteiger partial charge is 0.508 e. The maximum absolute atomic E-state index is 13.2. The van der Waals surface area contributed by atoms with Crippen molar-refractivity contribution in [1.29, 1.82) is 0 Å².